The number of rotatable bonds is 1. The number of carbonyl (C=O) groups is 1. The van der Waals surface area contributed by atoms with E-state index in [4.69, 9.17) is 0 Å². The number of hydrogen-bond acceptors (Lipinski definition) is 3. The molecular formula is C9H11NOS. The maximum absolute atomic E-state index is 11.0. The van der Waals surface area contributed by atoms with Crippen LogP contribution in [0.25, 0.3) is 0 Å². The van der Waals surface area contributed by atoms with Crippen LogP contribution < -0.4 is 4.90 Å². The fourth-order valence-electron chi connectivity index (χ4n) is 1.43. The van der Waals surface area contributed by atoms with E-state index in [1.54, 1.807) is 11.3 Å². The summed E-state index contributed by atoms with van der Waals surface area (Å²) in [6.07, 6.45) is 1.44. The molecule has 0 aliphatic carbocycles. The highest BCUT2D eigenvalue weighted by Gasteiger charge is 2.16. The quantitative estimate of drug-likeness (QED) is 0.659. The van der Waals surface area contributed by atoms with Crippen molar-refractivity contribution in [3.63, 3.8) is 0 Å². The Hall–Kier alpha value is -0.830. The molecule has 0 aromatic carbocycles. The van der Waals surface area contributed by atoms with Crippen molar-refractivity contribution in [2.75, 3.05) is 18.0 Å². The lowest BCUT2D eigenvalue weighted by atomic mass is 10.1. The van der Waals surface area contributed by atoms with Crippen LogP contribution in [0, 0.1) is 0 Å². The maximum atomic E-state index is 11.0. The van der Waals surface area contributed by atoms with Crippen LogP contribution in [0.5, 0.6) is 0 Å². The number of ketones is 1. The first-order valence-electron chi connectivity index (χ1n) is 4.16. The second kappa shape index (κ2) is 3.27. The fraction of sp³-hybridized carbons (Fsp3) is 0.444. The van der Waals surface area contributed by atoms with Crippen LogP contribution in [0.4, 0.5) is 5.00 Å². The fourth-order valence-corrected chi connectivity index (χ4v) is 2.21. The van der Waals surface area contributed by atoms with Gasteiger partial charge in [-0.05, 0) is 17.5 Å². The molecule has 0 saturated carbocycles. The first-order chi connectivity index (χ1) is 5.86. The Kier molecular flexibility index (Phi) is 2.13. The lowest BCUT2D eigenvalue weighted by Crippen LogP contribution is -2.32. The van der Waals surface area contributed by atoms with Gasteiger partial charge in [-0.1, -0.05) is 0 Å². The molecule has 64 valence electrons. The van der Waals surface area contributed by atoms with Gasteiger partial charge in [-0.15, -0.1) is 11.3 Å². The minimum atomic E-state index is 0.405. The van der Waals surface area contributed by atoms with Gasteiger partial charge in [-0.3, -0.25) is 4.79 Å². The van der Waals surface area contributed by atoms with Crippen molar-refractivity contribution in [1.29, 1.82) is 0 Å². The van der Waals surface area contributed by atoms with Crippen molar-refractivity contribution < 1.29 is 4.79 Å². The SMILES string of the molecule is O=C1CCN(c2cccs2)CC1. The Morgan fingerprint density at radius 3 is 2.67 bits per heavy atom. The average Bonchev–Trinajstić information content (AvgIpc) is 2.58. The van der Waals surface area contributed by atoms with Crippen LogP contribution in [0.3, 0.4) is 0 Å². The summed E-state index contributed by atoms with van der Waals surface area (Å²) < 4.78 is 0. The maximum Gasteiger partial charge on any atom is 0.136 e. The lowest BCUT2D eigenvalue weighted by Gasteiger charge is -2.26. The smallest absolute Gasteiger partial charge is 0.136 e. The first-order valence-corrected chi connectivity index (χ1v) is 5.04. The van der Waals surface area contributed by atoms with Crippen LogP contribution in [-0.4, -0.2) is 18.9 Å². The highest BCUT2D eigenvalue weighted by Crippen LogP contribution is 2.23. The highest BCUT2D eigenvalue weighted by atomic mass is 32.1. The summed E-state index contributed by atoms with van der Waals surface area (Å²) in [5.74, 6) is 0.405. The van der Waals surface area contributed by atoms with E-state index in [9.17, 15) is 4.79 Å². The van der Waals surface area contributed by atoms with E-state index in [2.05, 4.69) is 22.4 Å². The Bertz CT molecular complexity index is 258. The Morgan fingerprint density at radius 2 is 2.08 bits per heavy atom. The van der Waals surface area contributed by atoms with E-state index in [0.29, 0.717) is 5.78 Å². The monoisotopic (exact) mass is 181 g/mol. The number of anilines is 1. The summed E-state index contributed by atoms with van der Waals surface area (Å²) in [5, 5.41) is 3.37. The molecular weight excluding hydrogens is 170 g/mol. The normalized spacial score (nSPS) is 18.3. The van der Waals surface area contributed by atoms with Crippen LogP contribution in [-0.2, 0) is 4.79 Å². The molecule has 0 unspecified atom stereocenters. The van der Waals surface area contributed by atoms with Gasteiger partial charge in [0.2, 0.25) is 0 Å². The molecule has 0 N–H and O–H groups in total. The standard InChI is InChI=1S/C9H11NOS/c11-8-3-5-10(6-4-8)9-2-1-7-12-9/h1-2,7H,3-6H2. The Balaban J connectivity index is 2.03. The summed E-state index contributed by atoms with van der Waals surface area (Å²) in [5.41, 5.74) is 0. The molecule has 2 rings (SSSR count). The predicted octanol–water partition coefficient (Wildman–Crippen LogP) is 1.92. The van der Waals surface area contributed by atoms with Crippen molar-refractivity contribution in [1.82, 2.24) is 0 Å². The molecule has 1 fully saturated rings. The molecule has 0 spiro atoms. The zero-order chi connectivity index (χ0) is 8.39. The molecule has 1 aliphatic heterocycles. The van der Waals surface area contributed by atoms with E-state index >= 15 is 0 Å². The lowest BCUT2D eigenvalue weighted by molar-refractivity contribution is -0.119. The van der Waals surface area contributed by atoms with Gasteiger partial charge in [-0.25, -0.2) is 0 Å². The van der Waals surface area contributed by atoms with Crippen molar-refractivity contribution in [3.8, 4) is 0 Å². The molecule has 0 amide bonds. The van der Waals surface area contributed by atoms with Crippen molar-refractivity contribution in [3.05, 3.63) is 17.5 Å². The third-order valence-corrected chi connectivity index (χ3v) is 3.07. The molecule has 0 bridgehead atoms. The van der Waals surface area contributed by atoms with Gasteiger partial charge >= 0.3 is 0 Å². The number of nitrogens with zero attached hydrogens (tertiary/aromatic N) is 1. The van der Waals surface area contributed by atoms with Crippen molar-refractivity contribution >= 4 is 22.1 Å². The molecule has 1 aromatic heterocycles. The Morgan fingerprint density at radius 1 is 1.33 bits per heavy atom. The third-order valence-electron chi connectivity index (χ3n) is 2.14. The number of Topliss-reactive ketones (excluding diaryl/α,β-unsaturated/α-hetero) is 1. The summed E-state index contributed by atoms with van der Waals surface area (Å²) in [6.45, 7) is 1.80. The second-order valence-electron chi connectivity index (χ2n) is 2.98. The van der Waals surface area contributed by atoms with E-state index in [1.165, 1.54) is 5.00 Å². The topological polar surface area (TPSA) is 20.3 Å². The number of piperidine rings is 1. The third kappa shape index (κ3) is 1.50. The molecule has 3 heteroatoms. The Labute approximate surface area is 75.8 Å². The number of thiophene rings is 1. The van der Waals surface area contributed by atoms with Crippen molar-refractivity contribution in [2.45, 2.75) is 12.8 Å². The molecule has 2 heterocycles. The van der Waals surface area contributed by atoms with Gasteiger partial charge in [-0.2, -0.15) is 0 Å². The van der Waals surface area contributed by atoms with Crippen LogP contribution in [0.15, 0.2) is 17.5 Å². The van der Waals surface area contributed by atoms with E-state index in [-0.39, 0.29) is 0 Å². The van der Waals surface area contributed by atoms with Crippen LogP contribution in [0.2, 0.25) is 0 Å². The molecule has 0 atom stereocenters. The number of hydrogen-bond donors (Lipinski definition) is 0. The summed E-state index contributed by atoms with van der Waals surface area (Å²) in [4.78, 5) is 13.2. The van der Waals surface area contributed by atoms with Gasteiger partial charge in [0.25, 0.3) is 0 Å². The average molecular weight is 181 g/mol. The summed E-state index contributed by atoms with van der Waals surface area (Å²) >= 11 is 1.75. The zero-order valence-electron chi connectivity index (χ0n) is 6.82. The van der Waals surface area contributed by atoms with Gasteiger partial charge in [0.15, 0.2) is 0 Å². The summed E-state index contributed by atoms with van der Waals surface area (Å²) in [7, 11) is 0. The zero-order valence-corrected chi connectivity index (χ0v) is 7.64. The molecule has 2 nitrogen and oxygen atoms in total. The minimum Gasteiger partial charge on any atom is -0.363 e. The van der Waals surface area contributed by atoms with E-state index < -0.39 is 0 Å². The van der Waals surface area contributed by atoms with E-state index in [1.807, 2.05) is 0 Å². The molecule has 1 aliphatic rings. The molecule has 1 aromatic rings. The molecule has 1 saturated heterocycles. The van der Waals surface area contributed by atoms with Crippen LogP contribution >= 0.6 is 11.3 Å². The van der Waals surface area contributed by atoms with Crippen molar-refractivity contribution in [2.24, 2.45) is 0 Å². The largest absolute Gasteiger partial charge is 0.363 e. The highest BCUT2D eigenvalue weighted by molar-refractivity contribution is 7.14. The minimum absolute atomic E-state index is 0.405. The molecule has 12 heavy (non-hydrogen) atoms. The van der Waals surface area contributed by atoms with Gasteiger partial charge in [0, 0.05) is 25.9 Å². The second-order valence-corrected chi connectivity index (χ2v) is 3.90. The predicted molar refractivity (Wildman–Crippen MR) is 50.8 cm³/mol. The van der Waals surface area contributed by atoms with E-state index in [0.717, 1.165) is 25.9 Å². The van der Waals surface area contributed by atoms with Gasteiger partial charge in [0.05, 0.1) is 5.00 Å². The first kappa shape index (κ1) is 7.80. The summed E-state index contributed by atoms with van der Waals surface area (Å²) in [6, 6.07) is 4.16. The molecule has 0 radical (unpaired) electrons. The number of carbonyl (C=O) groups excluding carboxylic acids is 1. The van der Waals surface area contributed by atoms with Gasteiger partial charge < -0.3 is 4.90 Å². The van der Waals surface area contributed by atoms with Gasteiger partial charge in [0.1, 0.15) is 5.78 Å². The van der Waals surface area contributed by atoms with Crippen LogP contribution in [0.1, 0.15) is 12.8 Å².